The van der Waals surface area contributed by atoms with E-state index in [9.17, 15) is 14.9 Å². The molecular weight excluding hydrogens is 292 g/mol. The van der Waals surface area contributed by atoms with E-state index in [-0.39, 0.29) is 16.9 Å². The summed E-state index contributed by atoms with van der Waals surface area (Å²) < 4.78 is 0. The van der Waals surface area contributed by atoms with Crippen molar-refractivity contribution < 1.29 is 9.72 Å². The molecule has 21 heavy (non-hydrogen) atoms. The lowest BCUT2D eigenvalue weighted by atomic mass is 10.1. The Morgan fingerprint density at radius 1 is 1.14 bits per heavy atom. The molecule has 0 radical (unpaired) electrons. The van der Waals surface area contributed by atoms with Crippen LogP contribution in [0.4, 0.5) is 11.4 Å². The first-order chi connectivity index (χ1) is 9.88. The monoisotopic (exact) mass is 304 g/mol. The van der Waals surface area contributed by atoms with Crippen molar-refractivity contribution in [2.45, 2.75) is 13.8 Å². The molecule has 0 aliphatic heterocycles. The molecule has 0 bridgehead atoms. The number of amides is 1. The van der Waals surface area contributed by atoms with Crippen LogP contribution in [0.3, 0.4) is 0 Å². The average molecular weight is 305 g/mol. The summed E-state index contributed by atoms with van der Waals surface area (Å²) in [6.07, 6.45) is 0. The van der Waals surface area contributed by atoms with Gasteiger partial charge < -0.3 is 5.32 Å². The van der Waals surface area contributed by atoms with E-state index in [0.717, 1.165) is 11.1 Å². The number of benzene rings is 2. The minimum Gasteiger partial charge on any atom is -0.316 e. The Balaban J connectivity index is 2.34. The lowest BCUT2D eigenvalue weighted by molar-refractivity contribution is -0.384. The number of nitro benzene ring substituents is 1. The molecule has 0 unspecified atom stereocenters. The fourth-order valence-electron chi connectivity index (χ4n) is 1.89. The van der Waals surface area contributed by atoms with E-state index in [2.05, 4.69) is 5.32 Å². The molecule has 2 aromatic carbocycles. The molecule has 0 saturated heterocycles. The van der Waals surface area contributed by atoms with Crippen molar-refractivity contribution in [2.24, 2.45) is 0 Å². The van der Waals surface area contributed by atoms with Gasteiger partial charge in [-0.1, -0.05) is 23.7 Å². The standard InChI is InChI=1S/C15H13ClN2O3/c1-9-3-5-11(12(16)7-9)15(19)17-13-6-4-10(2)8-14(13)18(20)21/h3-8H,1-2H3,(H,17,19). The highest BCUT2D eigenvalue weighted by atomic mass is 35.5. The van der Waals surface area contributed by atoms with Gasteiger partial charge in [-0.15, -0.1) is 0 Å². The largest absolute Gasteiger partial charge is 0.316 e. The van der Waals surface area contributed by atoms with Gasteiger partial charge in [-0.25, -0.2) is 0 Å². The SMILES string of the molecule is Cc1ccc(C(=O)Nc2ccc(C)cc2[N+](=O)[O-])c(Cl)c1. The average Bonchev–Trinajstić information content (AvgIpc) is 2.40. The van der Waals surface area contributed by atoms with E-state index in [1.807, 2.05) is 6.92 Å². The number of hydrogen-bond donors (Lipinski definition) is 1. The highest BCUT2D eigenvalue weighted by Crippen LogP contribution is 2.27. The van der Waals surface area contributed by atoms with Crippen LogP contribution in [0.5, 0.6) is 0 Å². The molecule has 1 N–H and O–H groups in total. The second-order valence-corrected chi connectivity index (χ2v) is 5.12. The third-order valence-corrected chi connectivity index (χ3v) is 3.28. The van der Waals surface area contributed by atoms with Crippen LogP contribution in [0, 0.1) is 24.0 Å². The number of nitrogens with zero attached hydrogens (tertiary/aromatic N) is 1. The first kappa shape index (κ1) is 15.0. The quantitative estimate of drug-likeness (QED) is 0.685. The van der Waals surface area contributed by atoms with Gasteiger partial charge in [0.1, 0.15) is 5.69 Å². The zero-order chi connectivity index (χ0) is 15.6. The van der Waals surface area contributed by atoms with Gasteiger partial charge in [0.05, 0.1) is 15.5 Å². The number of halogens is 1. The molecule has 2 aromatic rings. The second kappa shape index (κ2) is 5.93. The zero-order valence-corrected chi connectivity index (χ0v) is 12.3. The Kier molecular flexibility index (Phi) is 4.23. The fraction of sp³-hybridized carbons (Fsp3) is 0.133. The van der Waals surface area contributed by atoms with Crippen LogP contribution in [0.15, 0.2) is 36.4 Å². The van der Waals surface area contributed by atoms with Crippen LogP contribution in [-0.2, 0) is 0 Å². The van der Waals surface area contributed by atoms with Gasteiger partial charge >= 0.3 is 0 Å². The molecule has 108 valence electrons. The van der Waals surface area contributed by atoms with Gasteiger partial charge in [0.15, 0.2) is 0 Å². The maximum atomic E-state index is 12.2. The number of nitrogens with one attached hydrogen (secondary N) is 1. The highest BCUT2D eigenvalue weighted by Gasteiger charge is 2.18. The Morgan fingerprint density at radius 2 is 1.76 bits per heavy atom. The van der Waals surface area contributed by atoms with Crippen molar-refractivity contribution in [3.8, 4) is 0 Å². The number of carbonyl (C=O) groups is 1. The zero-order valence-electron chi connectivity index (χ0n) is 11.5. The summed E-state index contributed by atoms with van der Waals surface area (Å²) in [4.78, 5) is 22.7. The minimum absolute atomic E-state index is 0.146. The summed E-state index contributed by atoms with van der Waals surface area (Å²) in [5.41, 5.74) is 1.95. The summed E-state index contributed by atoms with van der Waals surface area (Å²) in [7, 11) is 0. The number of hydrogen-bond acceptors (Lipinski definition) is 3. The van der Waals surface area contributed by atoms with Crippen molar-refractivity contribution in [3.63, 3.8) is 0 Å². The van der Waals surface area contributed by atoms with Crippen molar-refractivity contribution in [1.82, 2.24) is 0 Å². The van der Waals surface area contributed by atoms with Crippen LogP contribution in [-0.4, -0.2) is 10.8 Å². The van der Waals surface area contributed by atoms with Crippen LogP contribution in [0.1, 0.15) is 21.5 Å². The number of nitro groups is 1. The van der Waals surface area contributed by atoms with Gasteiger partial charge in [0.2, 0.25) is 0 Å². The van der Waals surface area contributed by atoms with Crippen LogP contribution in [0.25, 0.3) is 0 Å². The lowest BCUT2D eigenvalue weighted by Gasteiger charge is -2.08. The summed E-state index contributed by atoms with van der Waals surface area (Å²) in [5.74, 6) is -0.480. The van der Waals surface area contributed by atoms with E-state index in [0.29, 0.717) is 5.02 Å². The molecule has 0 fully saturated rings. The van der Waals surface area contributed by atoms with E-state index in [1.54, 1.807) is 31.2 Å². The predicted octanol–water partition coefficient (Wildman–Crippen LogP) is 4.12. The molecule has 0 saturated carbocycles. The lowest BCUT2D eigenvalue weighted by Crippen LogP contribution is -2.13. The van der Waals surface area contributed by atoms with Gasteiger partial charge in [-0.05, 0) is 43.2 Å². The van der Waals surface area contributed by atoms with Gasteiger partial charge in [0, 0.05) is 6.07 Å². The fourth-order valence-corrected chi connectivity index (χ4v) is 2.21. The highest BCUT2D eigenvalue weighted by molar-refractivity contribution is 6.34. The number of carbonyl (C=O) groups excluding carboxylic acids is 1. The van der Waals surface area contributed by atoms with Crippen molar-refractivity contribution in [1.29, 1.82) is 0 Å². The maximum Gasteiger partial charge on any atom is 0.293 e. The third kappa shape index (κ3) is 3.38. The van der Waals surface area contributed by atoms with Crippen LogP contribution in [0.2, 0.25) is 5.02 Å². The molecule has 0 aromatic heterocycles. The van der Waals surface area contributed by atoms with E-state index in [4.69, 9.17) is 11.6 Å². The molecule has 0 atom stereocenters. The first-order valence-corrected chi connectivity index (χ1v) is 6.59. The molecular formula is C15H13ClN2O3. The van der Waals surface area contributed by atoms with Crippen molar-refractivity contribution in [3.05, 3.63) is 68.2 Å². The first-order valence-electron chi connectivity index (χ1n) is 6.21. The maximum absolute atomic E-state index is 12.2. The van der Waals surface area contributed by atoms with Crippen LogP contribution < -0.4 is 5.32 Å². The summed E-state index contributed by atoms with van der Waals surface area (Å²) in [6, 6.07) is 9.62. The van der Waals surface area contributed by atoms with E-state index >= 15 is 0 Å². The minimum atomic E-state index is -0.528. The van der Waals surface area contributed by atoms with Gasteiger partial charge in [-0.2, -0.15) is 0 Å². The molecule has 6 heteroatoms. The molecule has 0 heterocycles. The second-order valence-electron chi connectivity index (χ2n) is 4.72. The Labute approximate surface area is 126 Å². The smallest absolute Gasteiger partial charge is 0.293 e. The Bertz CT molecular complexity index is 729. The number of rotatable bonds is 3. The number of aryl methyl sites for hydroxylation is 2. The predicted molar refractivity (Wildman–Crippen MR) is 82.0 cm³/mol. The molecule has 0 aliphatic rings. The molecule has 0 aliphatic carbocycles. The Morgan fingerprint density at radius 3 is 2.38 bits per heavy atom. The topological polar surface area (TPSA) is 72.2 Å². The summed E-state index contributed by atoms with van der Waals surface area (Å²) in [6.45, 7) is 3.60. The van der Waals surface area contributed by atoms with Gasteiger partial charge in [0.25, 0.3) is 11.6 Å². The van der Waals surface area contributed by atoms with Crippen molar-refractivity contribution in [2.75, 3.05) is 5.32 Å². The van der Waals surface area contributed by atoms with Gasteiger partial charge in [-0.3, -0.25) is 14.9 Å². The van der Waals surface area contributed by atoms with E-state index < -0.39 is 10.8 Å². The number of anilines is 1. The van der Waals surface area contributed by atoms with Crippen molar-refractivity contribution >= 4 is 28.9 Å². The molecule has 1 amide bonds. The normalized spacial score (nSPS) is 10.2. The van der Waals surface area contributed by atoms with Crippen LogP contribution >= 0.6 is 11.6 Å². The molecule has 0 spiro atoms. The molecule has 2 rings (SSSR count). The third-order valence-electron chi connectivity index (χ3n) is 2.97. The Hall–Kier alpha value is -2.40. The summed E-state index contributed by atoms with van der Waals surface area (Å²) in [5, 5.41) is 13.9. The molecule has 5 nitrogen and oxygen atoms in total. The summed E-state index contributed by atoms with van der Waals surface area (Å²) >= 11 is 6.02. The van der Waals surface area contributed by atoms with E-state index in [1.165, 1.54) is 12.1 Å².